The highest BCUT2D eigenvalue weighted by molar-refractivity contribution is 7.98. The topological polar surface area (TPSA) is 220 Å². The lowest BCUT2D eigenvalue weighted by Gasteiger charge is -2.26. The number of rotatable bonds is 19. The van der Waals surface area contributed by atoms with E-state index in [9.17, 15) is 29.1 Å². The van der Waals surface area contributed by atoms with E-state index in [-0.39, 0.29) is 25.2 Å². The third kappa shape index (κ3) is 13.3. The summed E-state index contributed by atoms with van der Waals surface area (Å²) in [7, 11) is 0. The van der Waals surface area contributed by atoms with Gasteiger partial charge < -0.3 is 38.3 Å². The third-order valence-corrected chi connectivity index (χ3v) is 6.28. The number of hydrogen-bond donors (Lipinski definition) is 7. The monoisotopic (exact) mass is 518 g/mol. The predicted molar refractivity (Wildman–Crippen MR) is 135 cm³/mol. The normalized spacial score (nSPS) is 15.2. The first-order valence-electron chi connectivity index (χ1n) is 11.8. The van der Waals surface area contributed by atoms with Crippen LogP contribution in [0.3, 0.4) is 0 Å². The zero-order valence-corrected chi connectivity index (χ0v) is 21.7. The van der Waals surface area contributed by atoms with E-state index >= 15 is 0 Å². The van der Waals surface area contributed by atoms with Crippen molar-refractivity contribution in [2.45, 2.75) is 83.0 Å². The summed E-state index contributed by atoms with van der Waals surface area (Å²) in [6.45, 7) is 3.99. The molecule has 0 aliphatic carbocycles. The fourth-order valence-corrected chi connectivity index (χ4v) is 3.66. The maximum atomic E-state index is 13.0. The second-order valence-corrected chi connectivity index (χ2v) is 9.50. The van der Waals surface area contributed by atoms with E-state index in [2.05, 4.69) is 16.0 Å². The van der Waals surface area contributed by atoms with Crippen LogP contribution in [0.5, 0.6) is 0 Å². The molecule has 0 aromatic rings. The molecule has 5 unspecified atom stereocenters. The highest BCUT2D eigenvalue weighted by Crippen LogP contribution is 2.10. The molecule has 0 aliphatic heterocycles. The first-order chi connectivity index (χ1) is 16.5. The Morgan fingerprint density at radius 3 is 2.00 bits per heavy atom. The Morgan fingerprint density at radius 2 is 1.49 bits per heavy atom. The molecule has 10 N–H and O–H groups in total. The summed E-state index contributed by atoms with van der Waals surface area (Å²) in [6.07, 6.45) is 4.07. The Morgan fingerprint density at radius 1 is 0.914 bits per heavy atom. The molecule has 0 aromatic carbocycles. The van der Waals surface area contributed by atoms with Crippen LogP contribution in [-0.2, 0) is 24.0 Å². The molecular weight excluding hydrogens is 476 g/mol. The molecule has 4 amide bonds. The minimum Gasteiger partial charge on any atom is -0.480 e. The van der Waals surface area contributed by atoms with E-state index in [0.29, 0.717) is 38.0 Å². The number of nitrogens with two attached hydrogens (primary N) is 3. The van der Waals surface area contributed by atoms with Gasteiger partial charge in [-0.15, -0.1) is 0 Å². The van der Waals surface area contributed by atoms with Crippen LogP contribution >= 0.6 is 11.8 Å². The number of aliphatic carboxylic acids is 1. The minimum atomic E-state index is -1.17. The average Bonchev–Trinajstić information content (AvgIpc) is 2.81. The van der Waals surface area contributed by atoms with Gasteiger partial charge in [0.2, 0.25) is 23.6 Å². The molecule has 12 nitrogen and oxygen atoms in total. The molecule has 0 saturated heterocycles. The Balaban J connectivity index is 5.49. The Kier molecular flexibility index (Phi) is 16.7. The first-order valence-corrected chi connectivity index (χ1v) is 13.2. The van der Waals surface area contributed by atoms with E-state index in [0.717, 1.165) is 0 Å². The number of carboxylic acid groups (broad SMARTS) is 1. The molecule has 0 rings (SSSR count). The number of amides is 4. The highest BCUT2D eigenvalue weighted by Gasteiger charge is 2.31. The van der Waals surface area contributed by atoms with E-state index in [4.69, 9.17) is 17.2 Å². The van der Waals surface area contributed by atoms with E-state index in [1.807, 2.05) is 13.2 Å². The van der Waals surface area contributed by atoms with Crippen LogP contribution in [-0.4, -0.2) is 77.4 Å². The van der Waals surface area contributed by atoms with E-state index in [1.54, 1.807) is 6.92 Å². The molecule has 0 aromatic heterocycles. The molecule has 202 valence electrons. The summed E-state index contributed by atoms with van der Waals surface area (Å²) >= 11 is 1.45. The van der Waals surface area contributed by atoms with Gasteiger partial charge in [-0.1, -0.05) is 26.7 Å². The fourth-order valence-electron chi connectivity index (χ4n) is 3.19. The number of thioether (sulfide) groups is 1. The molecule has 35 heavy (non-hydrogen) atoms. The lowest BCUT2D eigenvalue weighted by atomic mass is 9.98. The number of primary amides is 1. The average molecular weight is 519 g/mol. The largest absolute Gasteiger partial charge is 0.480 e. The molecule has 0 bridgehead atoms. The van der Waals surface area contributed by atoms with Crippen molar-refractivity contribution in [3.8, 4) is 0 Å². The first kappa shape index (κ1) is 32.6. The smallest absolute Gasteiger partial charge is 0.326 e. The van der Waals surface area contributed by atoms with Crippen LogP contribution in [0.4, 0.5) is 0 Å². The standard InChI is InChI=1S/C22H42N6O6S/c1-4-13(2)18(22(33)34)28-21(32)16(10-12-35-3)27-20(31)15(8-9-17(25)29)26-19(30)14(24)7-5-6-11-23/h13-16,18H,4-12,23-24H2,1-3H3,(H2,25,29)(H,26,30)(H,27,31)(H,28,32)(H,33,34). The van der Waals surface area contributed by atoms with Crippen molar-refractivity contribution in [3.63, 3.8) is 0 Å². The van der Waals surface area contributed by atoms with Crippen molar-refractivity contribution in [1.82, 2.24) is 16.0 Å². The molecule has 0 aliphatic rings. The summed E-state index contributed by atoms with van der Waals surface area (Å²) in [6, 6.07) is -4.16. The molecule has 0 spiro atoms. The molecular formula is C22H42N6O6S. The zero-order chi connectivity index (χ0) is 27.0. The zero-order valence-electron chi connectivity index (χ0n) is 20.9. The number of hydrogen-bond acceptors (Lipinski definition) is 8. The van der Waals surface area contributed by atoms with Gasteiger partial charge in [0.1, 0.15) is 18.1 Å². The Hall–Kier alpha value is -2.38. The number of nitrogens with one attached hydrogen (secondary N) is 3. The molecule has 13 heteroatoms. The van der Waals surface area contributed by atoms with Gasteiger partial charge in [-0.2, -0.15) is 11.8 Å². The van der Waals surface area contributed by atoms with Crippen LogP contribution < -0.4 is 33.2 Å². The van der Waals surface area contributed by atoms with Crippen molar-refractivity contribution < 1.29 is 29.1 Å². The van der Waals surface area contributed by atoms with Crippen LogP contribution in [0.25, 0.3) is 0 Å². The minimum absolute atomic E-state index is 0.0795. The lowest BCUT2D eigenvalue weighted by Crippen LogP contribution is -2.58. The van der Waals surface area contributed by atoms with Crippen molar-refractivity contribution in [3.05, 3.63) is 0 Å². The molecule has 5 atom stereocenters. The second-order valence-electron chi connectivity index (χ2n) is 8.51. The molecule has 0 saturated carbocycles. The summed E-state index contributed by atoms with van der Waals surface area (Å²) in [5.41, 5.74) is 16.6. The number of carboxylic acids is 1. The summed E-state index contributed by atoms with van der Waals surface area (Å²) in [5.74, 6) is -3.53. The van der Waals surface area contributed by atoms with E-state index in [1.165, 1.54) is 11.8 Å². The maximum Gasteiger partial charge on any atom is 0.326 e. The number of unbranched alkanes of at least 4 members (excludes halogenated alkanes) is 1. The van der Waals surface area contributed by atoms with Crippen molar-refractivity contribution in [1.29, 1.82) is 0 Å². The van der Waals surface area contributed by atoms with Gasteiger partial charge in [0.15, 0.2) is 0 Å². The second kappa shape index (κ2) is 18.0. The quantitative estimate of drug-likeness (QED) is 0.105. The Bertz CT molecular complexity index is 710. The van der Waals surface area contributed by atoms with Gasteiger partial charge in [0.25, 0.3) is 0 Å². The third-order valence-electron chi connectivity index (χ3n) is 5.64. The van der Waals surface area contributed by atoms with E-state index < -0.39 is 53.8 Å². The molecule has 0 radical (unpaired) electrons. The van der Waals surface area contributed by atoms with Crippen molar-refractivity contribution in [2.75, 3.05) is 18.6 Å². The lowest BCUT2D eigenvalue weighted by molar-refractivity contribution is -0.143. The maximum absolute atomic E-state index is 13.0. The Labute approximate surface area is 211 Å². The van der Waals surface area contributed by atoms with Crippen molar-refractivity contribution in [2.24, 2.45) is 23.1 Å². The number of carbonyl (C=O) groups excluding carboxylic acids is 4. The van der Waals surface area contributed by atoms with Gasteiger partial charge in [-0.25, -0.2) is 4.79 Å². The van der Waals surface area contributed by atoms with Gasteiger partial charge >= 0.3 is 5.97 Å². The SMILES string of the molecule is CCC(C)C(NC(=O)C(CCSC)NC(=O)C(CCC(N)=O)NC(=O)C(N)CCCCN)C(=O)O. The van der Waals surface area contributed by atoms with Crippen molar-refractivity contribution >= 4 is 41.4 Å². The predicted octanol–water partition coefficient (Wildman–Crippen LogP) is -0.954. The van der Waals surface area contributed by atoms with Crippen LogP contribution in [0.15, 0.2) is 0 Å². The van der Waals surface area contributed by atoms with Crippen LogP contribution in [0, 0.1) is 5.92 Å². The van der Waals surface area contributed by atoms with Gasteiger partial charge in [-0.3, -0.25) is 19.2 Å². The van der Waals surface area contributed by atoms with Crippen LogP contribution in [0.2, 0.25) is 0 Å². The van der Waals surface area contributed by atoms with Crippen LogP contribution in [0.1, 0.15) is 58.8 Å². The molecule has 0 heterocycles. The summed E-state index contributed by atoms with van der Waals surface area (Å²) in [4.78, 5) is 61.3. The molecule has 0 fully saturated rings. The number of carbonyl (C=O) groups is 5. The van der Waals surface area contributed by atoms with Gasteiger partial charge in [0.05, 0.1) is 6.04 Å². The van der Waals surface area contributed by atoms with Gasteiger partial charge in [0, 0.05) is 6.42 Å². The van der Waals surface area contributed by atoms with Gasteiger partial charge in [-0.05, 0) is 50.2 Å². The fraction of sp³-hybridized carbons (Fsp3) is 0.773. The summed E-state index contributed by atoms with van der Waals surface area (Å²) < 4.78 is 0. The summed E-state index contributed by atoms with van der Waals surface area (Å²) in [5, 5.41) is 17.1. The highest BCUT2D eigenvalue weighted by atomic mass is 32.2.